The molecule has 110 valence electrons. The third-order valence-electron chi connectivity index (χ3n) is 5.31. The van der Waals surface area contributed by atoms with Crippen LogP contribution in [0.3, 0.4) is 0 Å². The Bertz CT molecular complexity index is 263. The fourth-order valence-corrected chi connectivity index (χ4v) is 3.73. The van der Waals surface area contributed by atoms with Crippen molar-refractivity contribution in [2.45, 2.75) is 70.0 Å². The SMILES string of the molecule is CC(CNC1CC1)N1CCC(N2CCCCC2)CC1. The molecule has 2 aliphatic heterocycles. The zero-order valence-electron chi connectivity index (χ0n) is 12.6. The van der Waals surface area contributed by atoms with Crippen molar-refractivity contribution in [2.24, 2.45) is 0 Å². The Kier molecular flexibility index (Phi) is 4.78. The molecule has 0 radical (unpaired) electrons. The maximum Gasteiger partial charge on any atom is 0.0192 e. The first-order chi connectivity index (χ1) is 9.33. The van der Waals surface area contributed by atoms with Crippen LogP contribution < -0.4 is 5.32 Å². The van der Waals surface area contributed by atoms with E-state index in [1.807, 2.05) is 0 Å². The van der Waals surface area contributed by atoms with Crippen LogP contribution in [0.1, 0.15) is 51.9 Å². The number of nitrogens with one attached hydrogen (secondary N) is 1. The van der Waals surface area contributed by atoms with Gasteiger partial charge in [0, 0.05) is 24.7 Å². The van der Waals surface area contributed by atoms with E-state index in [0.29, 0.717) is 0 Å². The zero-order valence-corrected chi connectivity index (χ0v) is 12.6. The van der Waals surface area contributed by atoms with E-state index in [1.54, 1.807) is 0 Å². The number of nitrogens with zero attached hydrogens (tertiary/aromatic N) is 2. The number of likely N-dealkylation sites (tertiary alicyclic amines) is 2. The molecule has 0 bridgehead atoms. The predicted octanol–water partition coefficient (Wildman–Crippen LogP) is 2.08. The summed E-state index contributed by atoms with van der Waals surface area (Å²) in [5, 5.41) is 3.68. The Morgan fingerprint density at radius 2 is 1.63 bits per heavy atom. The number of piperidine rings is 2. The average Bonchev–Trinajstić information content (AvgIpc) is 3.30. The molecule has 1 N–H and O–H groups in total. The maximum atomic E-state index is 3.68. The summed E-state index contributed by atoms with van der Waals surface area (Å²) in [7, 11) is 0. The lowest BCUT2D eigenvalue weighted by atomic mass is 9.99. The van der Waals surface area contributed by atoms with Crippen LogP contribution in [0.5, 0.6) is 0 Å². The average molecular weight is 265 g/mol. The van der Waals surface area contributed by atoms with Gasteiger partial charge in [-0.2, -0.15) is 0 Å². The molecule has 1 atom stereocenters. The first kappa shape index (κ1) is 13.8. The zero-order chi connectivity index (χ0) is 13.1. The fraction of sp³-hybridized carbons (Fsp3) is 1.00. The molecule has 3 aliphatic rings. The number of hydrogen-bond acceptors (Lipinski definition) is 3. The summed E-state index contributed by atoms with van der Waals surface area (Å²) in [6, 6.07) is 2.47. The second-order valence-corrected chi connectivity index (χ2v) is 6.90. The highest BCUT2D eigenvalue weighted by Crippen LogP contribution is 2.22. The van der Waals surface area contributed by atoms with Crippen LogP contribution in [-0.2, 0) is 0 Å². The quantitative estimate of drug-likeness (QED) is 0.821. The molecule has 3 nitrogen and oxygen atoms in total. The highest BCUT2D eigenvalue weighted by molar-refractivity contribution is 4.86. The molecule has 0 amide bonds. The molecule has 1 aliphatic carbocycles. The number of rotatable bonds is 5. The lowest BCUT2D eigenvalue weighted by Gasteiger charge is -2.42. The van der Waals surface area contributed by atoms with Crippen molar-refractivity contribution in [3.05, 3.63) is 0 Å². The first-order valence-corrected chi connectivity index (χ1v) is 8.54. The maximum absolute atomic E-state index is 3.68. The molecule has 0 aromatic rings. The molecule has 2 heterocycles. The summed E-state index contributed by atoms with van der Waals surface area (Å²) in [4.78, 5) is 5.48. The molecular formula is C16H31N3. The predicted molar refractivity (Wildman–Crippen MR) is 80.5 cm³/mol. The number of hydrogen-bond donors (Lipinski definition) is 1. The summed E-state index contributed by atoms with van der Waals surface area (Å²) >= 11 is 0. The van der Waals surface area contributed by atoms with Crippen molar-refractivity contribution in [3.63, 3.8) is 0 Å². The van der Waals surface area contributed by atoms with Crippen LogP contribution in [0.2, 0.25) is 0 Å². The minimum absolute atomic E-state index is 0.725. The van der Waals surface area contributed by atoms with E-state index in [2.05, 4.69) is 22.0 Å². The summed E-state index contributed by atoms with van der Waals surface area (Å²) in [6.45, 7) is 8.95. The summed E-state index contributed by atoms with van der Waals surface area (Å²) in [6.07, 6.45) is 9.93. The molecule has 1 saturated carbocycles. The topological polar surface area (TPSA) is 18.5 Å². The monoisotopic (exact) mass is 265 g/mol. The Morgan fingerprint density at radius 3 is 2.26 bits per heavy atom. The van der Waals surface area contributed by atoms with E-state index in [9.17, 15) is 0 Å². The van der Waals surface area contributed by atoms with Gasteiger partial charge >= 0.3 is 0 Å². The van der Waals surface area contributed by atoms with Crippen molar-refractivity contribution in [3.8, 4) is 0 Å². The van der Waals surface area contributed by atoms with Gasteiger partial charge in [0.2, 0.25) is 0 Å². The van der Waals surface area contributed by atoms with Crippen LogP contribution >= 0.6 is 0 Å². The van der Waals surface area contributed by atoms with Crippen LogP contribution in [0.4, 0.5) is 0 Å². The smallest absolute Gasteiger partial charge is 0.0192 e. The van der Waals surface area contributed by atoms with E-state index in [4.69, 9.17) is 0 Å². The van der Waals surface area contributed by atoms with Gasteiger partial charge in [0.25, 0.3) is 0 Å². The lowest BCUT2D eigenvalue weighted by Crippen LogP contribution is -2.50. The Hall–Kier alpha value is -0.120. The van der Waals surface area contributed by atoms with E-state index >= 15 is 0 Å². The molecular weight excluding hydrogens is 234 g/mol. The Balaban J connectivity index is 1.37. The van der Waals surface area contributed by atoms with Gasteiger partial charge in [0.05, 0.1) is 0 Å². The van der Waals surface area contributed by atoms with Crippen LogP contribution in [0.15, 0.2) is 0 Å². The molecule has 0 spiro atoms. The molecule has 2 saturated heterocycles. The van der Waals surface area contributed by atoms with Gasteiger partial charge < -0.3 is 10.2 Å². The van der Waals surface area contributed by atoms with E-state index in [0.717, 1.165) is 18.1 Å². The molecule has 1 unspecified atom stereocenters. The first-order valence-electron chi connectivity index (χ1n) is 8.54. The minimum atomic E-state index is 0.725. The molecule has 0 aromatic carbocycles. The molecule has 3 fully saturated rings. The van der Waals surface area contributed by atoms with Gasteiger partial charge in [-0.25, -0.2) is 0 Å². The summed E-state index contributed by atoms with van der Waals surface area (Å²) in [5.74, 6) is 0. The van der Waals surface area contributed by atoms with Crippen molar-refractivity contribution in [2.75, 3.05) is 32.7 Å². The van der Waals surface area contributed by atoms with Crippen molar-refractivity contribution >= 4 is 0 Å². The van der Waals surface area contributed by atoms with Gasteiger partial charge in [-0.1, -0.05) is 6.42 Å². The molecule has 19 heavy (non-hydrogen) atoms. The fourth-order valence-electron chi connectivity index (χ4n) is 3.73. The normalized spacial score (nSPS) is 29.5. The lowest BCUT2D eigenvalue weighted by molar-refractivity contribution is 0.0757. The van der Waals surface area contributed by atoms with E-state index in [-0.39, 0.29) is 0 Å². The van der Waals surface area contributed by atoms with Crippen LogP contribution in [0.25, 0.3) is 0 Å². The largest absolute Gasteiger partial charge is 0.312 e. The van der Waals surface area contributed by atoms with Crippen LogP contribution in [-0.4, -0.2) is 60.6 Å². The highest BCUT2D eigenvalue weighted by Gasteiger charge is 2.28. The summed E-state index contributed by atoms with van der Waals surface area (Å²) in [5.41, 5.74) is 0. The second kappa shape index (κ2) is 6.55. The minimum Gasteiger partial charge on any atom is -0.312 e. The van der Waals surface area contributed by atoms with Crippen molar-refractivity contribution in [1.82, 2.24) is 15.1 Å². The Labute approximate surface area is 118 Å². The van der Waals surface area contributed by atoms with Gasteiger partial charge in [-0.05, 0) is 71.6 Å². The summed E-state index contributed by atoms with van der Waals surface area (Å²) < 4.78 is 0. The van der Waals surface area contributed by atoms with Gasteiger partial charge in [-0.3, -0.25) is 4.90 Å². The standard InChI is InChI=1S/C16H31N3/c1-14(13-17-15-5-6-15)18-11-7-16(8-12-18)19-9-3-2-4-10-19/h14-17H,2-13H2,1H3. The van der Waals surface area contributed by atoms with Crippen molar-refractivity contribution < 1.29 is 0 Å². The molecule has 3 rings (SSSR count). The van der Waals surface area contributed by atoms with Gasteiger partial charge in [0.1, 0.15) is 0 Å². The van der Waals surface area contributed by atoms with E-state index < -0.39 is 0 Å². The highest BCUT2D eigenvalue weighted by atomic mass is 15.2. The van der Waals surface area contributed by atoms with Gasteiger partial charge in [0.15, 0.2) is 0 Å². The van der Waals surface area contributed by atoms with Crippen LogP contribution in [0, 0.1) is 0 Å². The van der Waals surface area contributed by atoms with E-state index in [1.165, 1.54) is 77.7 Å². The van der Waals surface area contributed by atoms with Crippen molar-refractivity contribution in [1.29, 1.82) is 0 Å². The van der Waals surface area contributed by atoms with Gasteiger partial charge in [-0.15, -0.1) is 0 Å². The molecule has 3 heteroatoms. The molecule has 0 aromatic heterocycles. The third-order valence-corrected chi connectivity index (χ3v) is 5.31. The Morgan fingerprint density at radius 1 is 0.947 bits per heavy atom. The third kappa shape index (κ3) is 3.93. The second-order valence-electron chi connectivity index (χ2n) is 6.90.